The molecule has 0 aromatic heterocycles. The highest BCUT2D eigenvalue weighted by atomic mass is 16.5. The summed E-state index contributed by atoms with van der Waals surface area (Å²) < 4.78 is 4.74. The average molecular weight is 189 g/mol. The number of methoxy groups -OCH3 is 1. The predicted molar refractivity (Wildman–Crippen MR) is 50.4 cm³/mol. The first kappa shape index (κ1) is 12.4. The van der Waals surface area contributed by atoms with Gasteiger partial charge in [-0.05, 0) is 6.42 Å². The second-order valence-corrected chi connectivity index (χ2v) is 2.99. The van der Waals surface area contributed by atoms with E-state index in [-0.39, 0.29) is 5.91 Å². The summed E-state index contributed by atoms with van der Waals surface area (Å²) in [4.78, 5) is 11.0. The molecule has 0 aromatic carbocycles. The van der Waals surface area contributed by atoms with Gasteiger partial charge in [-0.3, -0.25) is 4.79 Å². The van der Waals surface area contributed by atoms with Crippen LogP contribution < -0.4 is 5.32 Å². The van der Waals surface area contributed by atoms with Crippen LogP contribution in [0.15, 0.2) is 0 Å². The van der Waals surface area contributed by atoms with Crippen molar-refractivity contribution in [2.24, 2.45) is 0 Å². The van der Waals surface area contributed by atoms with E-state index in [1.54, 1.807) is 7.11 Å². The maximum absolute atomic E-state index is 11.0. The highest BCUT2D eigenvalue weighted by Crippen LogP contribution is 1.93. The Bertz CT molecular complexity index is 139. The molecule has 0 radical (unpaired) electrons. The smallest absolute Gasteiger partial charge is 0.222 e. The monoisotopic (exact) mass is 189 g/mol. The fraction of sp³-hybridized carbons (Fsp3) is 0.889. The normalized spacial score (nSPS) is 12.5. The van der Waals surface area contributed by atoms with Crippen LogP contribution in [0, 0.1) is 0 Å². The van der Waals surface area contributed by atoms with E-state index in [2.05, 4.69) is 5.32 Å². The standard InChI is InChI=1S/C9H19NO3/c1-3-4-8(11)7-10-9(12)5-6-13-2/h8,11H,3-7H2,1-2H3,(H,10,12). The fourth-order valence-electron chi connectivity index (χ4n) is 0.950. The van der Waals surface area contributed by atoms with Crippen LogP contribution in [0.1, 0.15) is 26.2 Å². The molecule has 1 atom stereocenters. The lowest BCUT2D eigenvalue weighted by atomic mass is 10.2. The first-order valence-corrected chi connectivity index (χ1v) is 4.64. The van der Waals surface area contributed by atoms with Gasteiger partial charge in [-0.15, -0.1) is 0 Å². The minimum atomic E-state index is -0.420. The van der Waals surface area contributed by atoms with Gasteiger partial charge in [-0.2, -0.15) is 0 Å². The molecule has 0 saturated carbocycles. The maximum Gasteiger partial charge on any atom is 0.222 e. The summed E-state index contributed by atoms with van der Waals surface area (Å²) in [5, 5.41) is 11.9. The summed E-state index contributed by atoms with van der Waals surface area (Å²) in [5.74, 6) is -0.0722. The Morgan fingerprint density at radius 2 is 2.31 bits per heavy atom. The van der Waals surface area contributed by atoms with Crippen LogP contribution in [0.4, 0.5) is 0 Å². The van der Waals surface area contributed by atoms with Gasteiger partial charge < -0.3 is 15.2 Å². The van der Waals surface area contributed by atoms with Crippen molar-refractivity contribution in [1.82, 2.24) is 5.32 Å². The van der Waals surface area contributed by atoms with E-state index in [9.17, 15) is 9.90 Å². The molecule has 2 N–H and O–H groups in total. The zero-order valence-corrected chi connectivity index (χ0v) is 8.38. The van der Waals surface area contributed by atoms with Crippen molar-refractivity contribution in [3.05, 3.63) is 0 Å². The van der Waals surface area contributed by atoms with Crippen LogP contribution >= 0.6 is 0 Å². The molecule has 4 nitrogen and oxygen atoms in total. The lowest BCUT2D eigenvalue weighted by molar-refractivity contribution is -0.122. The van der Waals surface area contributed by atoms with Crippen molar-refractivity contribution >= 4 is 5.91 Å². The Hall–Kier alpha value is -0.610. The second-order valence-electron chi connectivity index (χ2n) is 2.99. The minimum Gasteiger partial charge on any atom is -0.391 e. The fourth-order valence-corrected chi connectivity index (χ4v) is 0.950. The Labute approximate surface area is 79.3 Å². The molecule has 0 aliphatic rings. The maximum atomic E-state index is 11.0. The summed E-state index contributed by atoms with van der Waals surface area (Å²) >= 11 is 0. The summed E-state index contributed by atoms with van der Waals surface area (Å²) in [6.07, 6.45) is 1.59. The third-order valence-corrected chi connectivity index (χ3v) is 1.69. The quantitative estimate of drug-likeness (QED) is 0.605. The van der Waals surface area contributed by atoms with Gasteiger partial charge in [0.2, 0.25) is 5.91 Å². The first-order valence-electron chi connectivity index (χ1n) is 4.64. The lowest BCUT2D eigenvalue weighted by Crippen LogP contribution is -2.32. The van der Waals surface area contributed by atoms with Gasteiger partial charge in [0.15, 0.2) is 0 Å². The van der Waals surface area contributed by atoms with E-state index < -0.39 is 6.10 Å². The van der Waals surface area contributed by atoms with Crippen LogP contribution in [0.25, 0.3) is 0 Å². The van der Waals surface area contributed by atoms with Crippen molar-refractivity contribution < 1.29 is 14.6 Å². The van der Waals surface area contributed by atoms with E-state index >= 15 is 0 Å². The van der Waals surface area contributed by atoms with E-state index in [4.69, 9.17) is 4.74 Å². The van der Waals surface area contributed by atoms with Gasteiger partial charge in [0, 0.05) is 20.1 Å². The Balaban J connectivity index is 3.34. The van der Waals surface area contributed by atoms with Gasteiger partial charge in [-0.1, -0.05) is 13.3 Å². The molecule has 1 unspecified atom stereocenters. The predicted octanol–water partition coefficient (Wildman–Crippen LogP) is 0.300. The van der Waals surface area contributed by atoms with Crippen LogP contribution in [-0.2, 0) is 9.53 Å². The van der Waals surface area contributed by atoms with Gasteiger partial charge in [0.25, 0.3) is 0 Å². The molecule has 0 bridgehead atoms. The average Bonchev–Trinajstić information content (AvgIpc) is 2.12. The molecular weight excluding hydrogens is 170 g/mol. The molecule has 4 heteroatoms. The molecule has 0 saturated heterocycles. The largest absolute Gasteiger partial charge is 0.391 e. The second kappa shape index (κ2) is 8.01. The number of rotatable bonds is 7. The zero-order valence-electron chi connectivity index (χ0n) is 8.38. The minimum absolute atomic E-state index is 0.0722. The van der Waals surface area contributed by atoms with Gasteiger partial charge >= 0.3 is 0 Å². The van der Waals surface area contributed by atoms with Crippen LogP contribution in [0.5, 0.6) is 0 Å². The third-order valence-electron chi connectivity index (χ3n) is 1.69. The van der Waals surface area contributed by atoms with Crippen molar-refractivity contribution in [2.45, 2.75) is 32.3 Å². The zero-order chi connectivity index (χ0) is 10.1. The third kappa shape index (κ3) is 7.74. The van der Waals surface area contributed by atoms with E-state index in [0.29, 0.717) is 19.6 Å². The molecule has 13 heavy (non-hydrogen) atoms. The molecule has 0 spiro atoms. The number of aliphatic hydroxyl groups excluding tert-OH is 1. The van der Waals surface area contributed by atoms with Crippen molar-refractivity contribution in [3.63, 3.8) is 0 Å². The summed E-state index contributed by atoms with van der Waals surface area (Å²) in [7, 11) is 1.55. The number of hydrogen-bond acceptors (Lipinski definition) is 3. The molecule has 0 aromatic rings. The van der Waals surface area contributed by atoms with Crippen LogP contribution in [0.3, 0.4) is 0 Å². The molecule has 1 amide bonds. The number of aliphatic hydroxyl groups is 1. The molecular formula is C9H19NO3. The van der Waals surface area contributed by atoms with Gasteiger partial charge in [-0.25, -0.2) is 0 Å². The first-order chi connectivity index (χ1) is 6.20. The molecule has 0 aliphatic carbocycles. The summed E-state index contributed by atoms with van der Waals surface area (Å²) in [6.45, 7) is 2.77. The van der Waals surface area contributed by atoms with Crippen molar-refractivity contribution in [1.29, 1.82) is 0 Å². The molecule has 0 aliphatic heterocycles. The number of amides is 1. The summed E-state index contributed by atoms with van der Waals surface area (Å²) in [6, 6.07) is 0. The van der Waals surface area contributed by atoms with E-state index in [0.717, 1.165) is 12.8 Å². The van der Waals surface area contributed by atoms with Crippen molar-refractivity contribution in [3.8, 4) is 0 Å². The number of carbonyl (C=O) groups excluding carboxylic acids is 1. The molecule has 0 fully saturated rings. The number of hydrogen-bond donors (Lipinski definition) is 2. The van der Waals surface area contributed by atoms with Gasteiger partial charge in [0.05, 0.1) is 12.7 Å². The van der Waals surface area contributed by atoms with E-state index in [1.165, 1.54) is 0 Å². The number of carbonyl (C=O) groups is 1. The molecule has 78 valence electrons. The topological polar surface area (TPSA) is 58.6 Å². The Kier molecular flexibility index (Phi) is 7.63. The highest BCUT2D eigenvalue weighted by molar-refractivity contribution is 5.75. The summed E-state index contributed by atoms with van der Waals surface area (Å²) in [5.41, 5.74) is 0. The van der Waals surface area contributed by atoms with Crippen LogP contribution in [-0.4, -0.2) is 37.4 Å². The highest BCUT2D eigenvalue weighted by Gasteiger charge is 2.05. The Morgan fingerprint density at radius 1 is 1.62 bits per heavy atom. The van der Waals surface area contributed by atoms with Crippen molar-refractivity contribution in [2.75, 3.05) is 20.3 Å². The number of ether oxygens (including phenoxy) is 1. The molecule has 0 rings (SSSR count). The number of nitrogens with one attached hydrogen (secondary N) is 1. The van der Waals surface area contributed by atoms with Crippen LogP contribution in [0.2, 0.25) is 0 Å². The van der Waals surface area contributed by atoms with E-state index in [1.807, 2.05) is 6.92 Å². The lowest BCUT2D eigenvalue weighted by Gasteiger charge is -2.10. The Morgan fingerprint density at radius 3 is 2.85 bits per heavy atom. The SMILES string of the molecule is CCCC(O)CNC(=O)CCOC. The van der Waals surface area contributed by atoms with Gasteiger partial charge in [0.1, 0.15) is 0 Å². The molecule has 0 heterocycles.